The van der Waals surface area contributed by atoms with E-state index in [2.05, 4.69) is 4.98 Å². The average molecular weight is 252 g/mol. The lowest BCUT2D eigenvalue weighted by molar-refractivity contribution is -0.136. The minimum Gasteiger partial charge on any atom is -0.481 e. The minimum atomic E-state index is -0.862. The third-order valence-electron chi connectivity index (χ3n) is 2.20. The Labute approximate surface area is 102 Å². The zero-order chi connectivity index (χ0) is 12.3. The first kappa shape index (κ1) is 11.7. The van der Waals surface area contributed by atoms with Gasteiger partial charge in [0.25, 0.3) is 0 Å². The maximum absolute atomic E-state index is 10.5. The molecule has 0 spiro atoms. The normalized spacial score (nSPS) is 10.4. The summed E-state index contributed by atoms with van der Waals surface area (Å²) in [4.78, 5) is 16.8. The first-order valence-corrected chi connectivity index (χ1v) is 5.91. The molecule has 2 aromatic rings. The van der Waals surface area contributed by atoms with Crippen molar-refractivity contribution in [1.29, 1.82) is 0 Å². The number of nitrogens with zero attached hydrogens (tertiary/aromatic N) is 2. The number of carbonyl (C=O) groups is 1. The number of aromatic nitrogens is 1. The van der Waals surface area contributed by atoms with Crippen LogP contribution in [0.3, 0.4) is 0 Å². The Balaban J connectivity index is 2.01. The van der Waals surface area contributed by atoms with E-state index in [0.717, 1.165) is 10.7 Å². The first-order valence-electron chi connectivity index (χ1n) is 5.03. The summed E-state index contributed by atoms with van der Waals surface area (Å²) < 4.78 is 4.99. The predicted octanol–water partition coefficient (Wildman–Crippen LogP) is 2.00. The third-order valence-corrected chi connectivity index (χ3v) is 3.20. The number of furan rings is 1. The minimum absolute atomic E-state index is 0.0317. The lowest BCUT2D eigenvalue weighted by Gasteiger charge is -2.13. The molecule has 17 heavy (non-hydrogen) atoms. The van der Waals surface area contributed by atoms with E-state index in [-0.39, 0.29) is 6.42 Å². The van der Waals surface area contributed by atoms with E-state index in [1.54, 1.807) is 17.9 Å². The molecule has 1 N–H and O–H groups in total. The molecule has 0 fully saturated rings. The molecule has 2 aromatic heterocycles. The highest BCUT2D eigenvalue weighted by atomic mass is 32.1. The Morgan fingerprint density at radius 3 is 3.12 bits per heavy atom. The summed E-state index contributed by atoms with van der Waals surface area (Å²) in [6, 6.07) is 1.89. The number of hydrogen-bond acceptors (Lipinski definition) is 5. The van der Waals surface area contributed by atoms with Gasteiger partial charge in [-0.25, -0.2) is 4.98 Å². The second-order valence-corrected chi connectivity index (χ2v) is 4.52. The van der Waals surface area contributed by atoms with Crippen LogP contribution in [-0.2, 0) is 17.8 Å². The summed E-state index contributed by atoms with van der Waals surface area (Å²) in [7, 11) is 1.91. The van der Waals surface area contributed by atoms with Gasteiger partial charge in [-0.2, -0.15) is 0 Å². The highest BCUT2D eigenvalue weighted by Gasteiger charge is 2.10. The summed E-state index contributed by atoms with van der Waals surface area (Å²) in [5.41, 5.74) is 1.65. The zero-order valence-corrected chi connectivity index (χ0v) is 10.1. The van der Waals surface area contributed by atoms with E-state index < -0.39 is 5.97 Å². The van der Waals surface area contributed by atoms with Crippen molar-refractivity contribution in [3.05, 3.63) is 35.2 Å². The third kappa shape index (κ3) is 3.07. The van der Waals surface area contributed by atoms with Gasteiger partial charge >= 0.3 is 5.97 Å². The monoisotopic (exact) mass is 252 g/mol. The van der Waals surface area contributed by atoms with Crippen LogP contribution in [0.4, 0.5) is 5.13 Å². The molecule has 5 nitrogen and oxygen atoms in total. The predicted molar refractivity (Wildman–Crippen MR) is 64.3 cm³/mol. The van der Waals surface area contributed by atoms with Crippen molar-refractivity contribution in [3.8, 4) is 0 Å². The Morgan fingerprint density at radius 2 is 2.47 bits per heavy atom. The largest absolute Gasteiger partial charge is 0.481 e. The van der Waals surface area contributed by atoms with Gasteiger partial charge in [-0.05, 0) is 6.07 Å². The molecule has 0 saturated heterocycles. The molecule has 6 heteroatoms. The van der Waals surface area contributed by atoms with Gasteiger partial charge in [0, 0.05) is 24.5 Å². The Hall–Kier alpha value is -1.82. The van der Waals surface area contributed by atoms with Gasteiger partial charge < -0.3 is 14.4 Å². The van der Waals surface area contributed by atoms with Crippen LogP contribution in [0.15, 0.2) is 28.4 Å². The fourth-order valence-electron chi connectivity index (χ4n) is 1.43. The summed E-state index contributed by atoms with van der Waals surface area (Å²) in [5.74, 6) is -0.862. The molecule has 0 unspecified atom stereocenters. The van der Waals surface area contributed by atoms with E-state index >= 15 is 0 Å². The van der Waals surface area contributed by atoms with Crippen molar-refractivity contribution >= 4 is 22.4 Å². The van der Waals surface area contributed by atoms with E-state index in [1.165, 1.54) is 11.3 Å². The maximum atomic E-state index is 10.5. The summed E-state index contributed by atoms with van der Waals surface area (Å²) >= 11 is 1.44. The maximum Gasteiger partial charge on any atom is 0.309 e. The van der Waals surface area contributed by atoms with Crippen molar-refractivity contribution in [3.63, 3.8) is 0 Å². The molecule has 90 valence electrons. The van der Waals surface area contributed by atoms with Crippen molar-refractivity contribution < 1.29 is 14.3 Å². The molecule has 2 heterocycles. The fourth-order valence-corrected chi connectivity index (χ4v) is 2.22. The number of hydrogen-bond donors (Lipinski definition) is 1. The van der Waals surface area contributed by atoms with E-state index in [1.807, 2.05) is 18.0 Å². The van der Waals surface area contributed by atoms with Gasteiger partial charge in [0.2, 0.25) is 0 Å². The molecule has 0 radical (unpaired) electrons. The quantitative estimate of drug-likeness (QED) is 0.881. The number of anilines is 1. The average Bonchev–Trinajstić information content (AvgIpc) is 2.87. The molecule has 2 rings (SSSR count). The number of carboxylic acid groups (broad SMARTS) is 1. The topological polar surface area (TPSA) is 66.6 Å². The van der Waals surface area contributed by atoms with Crippen molar-refractivity contribution in [1.82, 2.24) is 4.98 Å². The molecule has 0 aliphatic heterocycles. The number of thiazole rings is 1. The lowest BCUT2D eigenvalue weighted by atomic mass is 10.3. The van der Waals surface area contributed by atoms with E-state index in [4.69, 9.17) is 9.52 Å². The van der Waals surface area contributed by atoms with Gasteiger partial charge in [-0.3, -0.25) is 4.79 Å². The smallest absolute Gasteiger partial charge is 0.309 e. The van der Waals surface area contributed by atoms with E-state index in [0.29, 0.717) is 12.2 Å². The van der Waals surface area contributed by atoms with Crippen molar-refractivity contribution in [2.45, 2.75) is 13.0 Å². The lowest BCUT2D eigenvalue weighted by Crippen LogP contribution is -2.15. The molecule has 0 aromatic carbocycles. The van der Waals surface area contributed by atoms with E-state index in [9.17, 15) is 4.79 Å². The van der Waals surface area contributed by atoms with Crippen LogP contribution >= 0.6 is 11.3 Å². The second-order valence-electron chi connectivity index (χ2n) is 3.68. The highest BCUT2D eigenvalue weighted by Crippen LogP contribution is 2.21. The molecular formula is C11H12N2O3S. The van der Waals surface area contributed by atoms with Crippen LogP contribution in [0.1, 0.15) is 11.3 Å². The van der Waals surface area contributed by atoms with Crippen molar-refractivity contribution in [2.75, 3.05) is 11.9 Å². The molecule has 0 aliphatic rings. The van der Waals surface area contributed by atoms with Gasteiger partial charge in [0.1, 0.15) is 0 Å². The Morgan fingerprint density at radius 1 is 1.65 bits per heavy atom. The molecular weight excluding hydrogens is 240 g/mol. The number of rotatable bonds is 5. The summed E-state index contributed by atoms with van der Waals surface area (Å²) in [5, 5.41) is 11.2. The summed E-state index contributed by atoms with van der Waals surface area (Å²) in [6.07, 6.45) is 3.28. The fraction of sp³-hybridized carbons (Fsp3) is 0.273. The number of aliphatic carboxylic acids is 1. The summed E-state index contributed by atoms with van der Waals surface area (Å²) in [6.45, 7) is 0.691. The molecule has 0 atom stereocenters. The molecule has 0 saturated carbocycles. The second kappa shape index (κ2) is 5.01. The van der Waals surface area contributed by atoms with Gasteiger partial charge in [0.05, 0.1) is 24.6 Å². The SMILES string of the molecule is CN(Cc1ccoc1)c1nc(CC(=O)O)cs1. The first-order chi connectivity index (χ1) is 8.15. The molecule has 0 aliphatic carbocycles. The van der Waals surface area contributed by atoms with Crippen LogP contribution in [0.5, 0.6) is 0 Å². The Kier molecular flexibility index (Phi) is 3.43. The Bertz CT molecular complexity index is 493. The van der Waals surface area contributed by atoms with Crippen molar-refractivity contribution in [2.24, 2.45) is 0 Å². The molecule has 0 amide bonds. The van der Waals surface area contributed by atoms with Gasteiger partial charge in [-0.1, -0.05) is 0 Å². The molecule has 0 bridgehead atoms. The van der Waals surface area contributed by atoms with Crippen LogP contribution in [0.25, 0.3) is 0 Å². The van der Waals surface area contributed by atoms with Crippen LogP contribution in [-0.4, -0.2) is 23.1 Å². The van der Waals surface area contributed by atoms with Crippen LogP contribution < -0.4 is 4.90 Å². The van der Waals surface area contributed by atoms with Crippen LogP contribution in [0.2, 0.25) is 0 Å². The zero-order valence-electron chi connectivity index (χ0n) is 9.29. The van der Waals surface area contributed by atoms with Gasteiger partial charge in [0.15, 0.2) is 5.13 Å². The van der Waals surface area contributed by atoms with Gasteiger partial charge in [-0.15, -0.1) is 11.3 Å². The highest BCUT2D eigenvalue weighted by molar-refractivity contribution is 7.13. The van der Waals surface area contributed by atoms with Crippen LogP contribution in [0, 0.1) is 0 Å². The number of carboxylic acids is 1. The standard InChI is InChI=1S/C11H12N2O3S/c1-13(5-8-2-3-16-6-8)11-12-9(7-17-11)4-10(14)15/h2-3,6-7H,4-5H2,1H3,(H,14,15).